The summed E-state index contributed by atoms with van der Waals surface area (Å²) in [6.45, 7) is 2.09. The Balaban J connectivity index is 2.87. The molecule has 0 aliphatic heterocycles. The maximum absolute atomic E-state index is 11.3. The van der Waals surface area contributed by atoms with E-state index >= 15 is 0 Å². The van der Waals surface area contributed by atoms with Crippen LogP contribution in [0.4, 0.5) is 0 Å². The van der Waals surface area contributed by atoms with E-state index in [0.717, 1.165) is 11.8 Å². The molecule has 0 aliphatic carbocycles. The van der Waals surface area contributed by atoms with Crippen LogP contribution < -0.4 is 5.56 Å². The van der Waals surface area contributed by atoms with Crippen LogP contribution in [0.5, 0.6) is 0 Å². The zero-order chi connectivity index (χ0) is 10.6. The van der Waals surface area contributed by atoms with Crippen molar-refractivity contribution in [2.45, 2.75) is 13.5 Å². The zero-order valence-electron chi connectivity index (χ0n) is 7.80. The predicted molar refractivity (Wildman–Crippen MR) is 52.2 cm³/mol. The number of hydrogen-bond donors (Lipinski definition) is 1. The molecule has 1 heterocycles. The molecule has 0 radical (unpaired) electrons. The number of carboxylic acid groups (broad SMARTS) is 1. The van der Waals surface area contributed by atoms with Gasteiger partial charge in [-0.1, -0.05) is 12.1 Å². The van der Waals surface area contributed by atoms with E-state index in [1.165, 1.54) is 16.7 Å². The Kier molecular flexibility index (Phi) is 3.23. The van der Waals surface area contributed by atoms with E-state index in [-0.39, 0.29) is 12.1 Å². The summed E-state index contributed by atoms with van der Waals surface area (Å²) >= 11 is 0. The molecule has 0 amide bonds. The highest BCUT2D eigenvalue weighted by Crippen LogP contribution is 1.93. The van der Waals surface area contributed by atoms with Crippen molar-refractivity contribution in [3.8, 4) is 0 Å². The molecule has 0 bridgehead atoms. The maximum Gasteiger partial charge on any atom is 0.328 e. The van der Waals surface area contributed by atoms with Crippen LogP contribution in [0.15, 0.2) is 35.1 Å². The largest absolute Gasteiger partial charge is 0.478 e. The van der Waals surface area contributed by atoms with Crippen molar-refractivity contribution < 1.29 is 9.90 Å². The molecular weight excluding hydrogens is 182 g/mol. The molecule has 1 N–H and O–H groups in total. The lowest BCUT2D eigenvalue weighted by Gasteiger charge is -2.04. The fraction of sp³-hybridized carbons (Fsp3) is 0.200. The van der Waals surface area contributed by atoms with Crippen LogP contribution in [0.1, 0.15) is 5.69 Å². The number of aliphatic carboxylic acids is 1. The molecule has 0 atom stereocenters. The molecule has 0 aliphatic rings. The summed E-state index contributed by atoms with van der Waals surface area (Å²) < 4.78 is 1.50. The van der Waals surface area contributed by atoms with Gasteiger partial charge < -0.3 is 9.67 Å². The van der Waals surface area contributed by atoms with Gasteiger partial charge in [0.2, 0.25) is 0 Å². The third-order valence-electron chi connectivity index (χ3n) is 1.82. The first kappa shape index (κ1) is 10.2. The Morgan fingerprint density at radius 3 is 2.86 bits per heavy atom. The van der Waals surface area contributed by atoms with E-state index in [1.54, 1.807) is 19.1 Å². The Morgan fingerprint density at radius 2 is 2.29 bits per heavy atom. The minimum Gasteiger partial charge on any atom is -0.478 e. The fourth-order valence-corrected chi connectivity index (χ4v) is 1.12. The van der Waals surface area contributed by atoms with Gasteiger partial charge in [-0.15, -0.1) is 0 Å². The highest BCUT2D eigenvalue weighted by molar-refractivity contribution is 5.79. The fourth-order valence-electron chi connectivity index (χ4n) is 1.12. The molecule has 14 heavy (non-hydrogen) atoms. The predicted octanol–water partition coefficient (Wildman–Crippen LogP) is 0.798. The third kappa shape index (κ3) is 2.58. The van der Waals surface area contributed by atoms with Crippen LogP contribution in [0.25, 0.3) is 0 Å². The number of hydrogen-bond acceptors (Lipinski definition) is 2. The van der Waals surface area contributed by atoms with E-state index in [0.29, 0.717) is 0 Å². The van der Waals surface area contributed by atoms with Gasteiger partial charge in [0.05, 0.1) is 0 Å². The number of allylic oxidation sites excluding steroid dienone is 1. The number of pyridine rings is 1. The lowest BCUT2D eigenvalue weighted by atomic mass is 10.3. The van der Waals surface area contributed by atoms with Crippen molar-refractivity contribution in [2.24, 2.45) is 0 Å². The second-order valence-corrected chi connectivity index (χ2v) is 2.86. The van der Waals surface area contributed by atoms with Crippen molar-refractivity contribution in [3.63, 3.8) is 0 Å². The van der Waals surface area contributed by atoms with Crippen LogP contribution in [0.3, 0.4) is 0 Å². The molecule has 0 spiro atoms. The summed E-state index contributed by atoms with van der Waals surface area (Å²) in [5.41, 5.74) is 0.688. The first-order valence-corrected chi connectivity index (χ1v) is 4.17. The molecule has 0 fully saturated rings. The lowest BCUT2D eigenvalue weighted by Crippen LogP contribution is -2.20. The molecule has 0 saturated heterocycles. The normalized spacial score (nSPS) is 10.6. The zero-order valence-corrected chi connectivity index (χ0v) is 7.80. The van der Waals surface area contributed by atoms with Crippen LogP contribution >= 0.6 is 0 Å². The lowest BCUT2D eigenvalue weighted by molar-refractivity contribution is -0.131. The molecular formula is C10H11NO3. The van der Waals surface area contributed by atoms with Gasteiger partial charge in [-0.3, -0.25) is 4.79 Å². The minimum atomic E-state index is -1.01. The number of aryl methyl sites for hydroxylation is 1. The number of carboxylic acids is 1. The highest BCUT2D eigenvalue weighted by Gasteiger charge is 1.95. The molecule has 4 nitrogen and oxygen atoms in total. The average molecular weight is 193 g/mol. The molecule has 74 valence electrons. The van der Waals surface area contributed by atoms with E-state index in [9.17, 15) is 9.59 Å². The molecule has 1 aromatic rings. The second kappa shape index (κ2) is 4.41. The van der Waals surface area contributed by atoms with Crippen LogP contribution in [0, 0.1) is 6.92 Å². The summed E-state index contributed by atoms with van der Waals surface area (Å²) in [4.78, 5) is 21.5. The highest BCUT2D eigenvalue weighted by atomic mass is 16.4. The van der Waals surface area contributed by atoms with Gasteiger partial charge in [0.15, 0.2) is 0 Å². The molecule has 0 aromatic carbocycles. The SMILES string of the molecule is Cc1cccc(=O)n1CC=CC(=O)O. The van der Waals surface area contributed by atoms with Crippen molar-refractivity contribution in [2.75, 3.05) is 0 Å². The van der Waals surface area contributed by atoms with Crippen LogP contribution in [-0.2, 0) is 11.3 Å². The smallest absolute Gasteiger partial charge is 0.328 e. The van der Waals surface area contributed by atoms with Gasteiger partial charge in [-0.2, -0.15) is 0 Å². The quantitative estimate of drug-likeness (QED) is 0.722. The van der Waals surface area contributed by atoms with Crippen molar-refractivity contribution >= 4 is 5.97 Å². The average Bonchev–Trinajstić information content (AvgIpc) is 2.09. The maximum atomic E-state index is 11.3. The van der Waals surface area contributed by atoms with Gasteiger partial charge in [-0.25, -0.2) is 4.79 Å². The second-order valence-electron chi connectivity index (χ2n) is 2.86. The molecule has 4 heteroatoms. The number of carbonyl (C=O) groups is 1. The van der Waals surface area contributed by atoms with Gasteiger partial charge in [0, 0.05) is 24.4 Å². The van der Waals surface area contributed by atoms with Crippen molar-refractivity contribution in [1.29, 1.82) is 0 Å². The van der Waals surface area contributed by atoms with Crippen molar-refractivity contribution in [1.82, 2.24) is 4.57 Å². The molecule has 1 rings (SSSR count). The van der Waals surface area contributed by atoms with E-state index in [4.69, 9.17) is 5.11 Å². The number of rotatable bonds is 3. The standard InChI is InChI=1S/C10H11NO3/c1-8-4-2-5-9(12)11(8)7-3-6-10(13)14/h2-6H,7H2,1H3,(H,13,14). The summed E-state index contributed by atoms with van der Waals surface area (Å²) in [5.74, 6) is -1.01. The Morgan fingerprint density at radius 1 is 1.57 bits per heavy atom. The Hall–Kier alpha value is -1.84. The topological polar surface area (TPSA) is 59.3 Å². The monoisotopic (exact) mass is 193 g/mol. The van der Waals surface area contributed by atoms with Crippen LogP contribution in [0.2, 0.25) is 0 Å². The number of nitrogens with zero attached hydrogens (tertiary/aromatic N) is 1. The van der Waals surface area contributed by atoms with E-state index in [1.807, 2.05) is 0 Å². The van der Waals surface area contributed by atoms with Gasteiger partial charge >= 0.3 is 5.97 Å². The third-order valence-corrected chi connectivity index (χ3v) is 1.82. The molecule has 0 unspecified atom stereocenters. The summed E-state index contributed by atoms with van der Waals surface area (Å²) in [5, 5.41) is 8.36. The first-order chi connectivity index (χ1) is 6.61. The Bertz CT molecular complexity index is 418. The summed E-state index contributed by atoms with van der Waals surface area (Å²) in [7, 11) is 0. The van der Waals surface area contributed by atoms with Gasteiger partial charge in [0.25, 0.3) is 5.56 Å². The minimum absolute atomic E-state index is 0.125. The molecule has 1 aromatic heterocycles. The Labute approximate surface area is 81.1 Å². The summed E-state index contributed by atoms with van der Waals surface area (Å²) in [6, 6.07) is 4.92. The summed E-state index contributed by atoms with van der Waals surface area (Å²) in [6.07, 6.45) is 2.47. The van der Waals surface area contributed by atoms with E-state index < -0.39 is 5.97 Å². The van der Waals surface area contributed by atoms with Gasteiger partial charge in [0.1, 0.15) is 0 Å². The molecule has 0 saturated carbocycles. The van der Waals surface area contributed by atoms with E-state index in [2.05, 4.69) is 0 Å². The van der Waals surface area contributed by atoms with Gasteiger partial charge in [-0.05, 0) is 13.0 Å². The van der Waals surface area contributed by atoms with Crippen LogP contribution in [-0.4, -0.2) is 15.6 Å². The number of aromatic nitrogens is 1. The van der Waals surface area contributed by atoms with Crippen molar-refractivity contribution in [3.05, 3.63) is 46.4 Å². The first-order valence-electron chi connectivity index (χ1n) is 4.17.